The molecule has 4 rings (SSSR count). The summed E-state index contributed by atoms with van der Waals surface area (Å²) in [6.07, 6.45) is 3.56. The highest BCUT2D eigenvalue weighted by molar-refractivity contribution is 6.33. The summed E-state index contributed by atoms with van der Waals surface area (Å²) >= 11 is 6.34. The Morgan fingerprint density at radius 1 is 1.11 bits per heavy atom. The molecule has 148 valence electrons. The molecule has 0 unspecified atom stereocenters. The summed E-state index contributed by atoms with van der Waals surface area (Å²) in [5.74, 6) is 0.326. The van der Waals surface area contributed by atoms with Crippen molar-refractivity contribution in [3.05, 3.63) is 29.3 Å². The van der Waals surface area contributed by atoms with Gasteiger partial charge in [-0.2, -0.15) is 0 Å². The number of piperazine rings is 1. The van der Waals surface area contributed by atoms with Crippen LogP contribution in [0.3, 0.4) is 0 Å². The highest BCUT2D eigenvalue weighted by Gasteiger charge is 2.50. The van der Waals surface area contributed by atoms with Crippen molar-refractivity contribution in [2.24, 2.45) is 10.8 Å². The van der Waals surface area contributed by atoms with E-state index in [1.165, 1.54) is 12.8 Å². The first kappa shape index (κ1) is 19.1. The Morgan fingerprint density at radius 2 is 1.81 bits per heavy atom. The zero-order valence-corrected chi connectivity index (χ0v) is 17.6. The predicted molar refractivity (Wildman–Crippen MR) is 111 cm³/mol. The molecule has 3 aliphatic rings. The largest absolute Gasteiger partial charge is 0.368 e. The molecule has 2 atom stereocenters. The Kier molecular flexibility index (Phi) is 4.92. The summed E-state index contributed by atoms with van der Waals surface area (Å²) in [6.45, 7) is 12.3. The zero-order chi connectivity index (χ0) is 19.2. The number of carbonyl (C=O) groups excluding carboxylic acids is 1. The maximum atomic E-state index is 13.1. The van der Waals surface area contributed by atoms with Crippen LogP contribution in [-0.2, 0) is 4.79 Å². The molecule has 1 saturated carbocycles. The molecule has 2 bridgehead atoms. The molecule has 1 aromatic carbocycles. The summed E-state index contributed by atoms with van der Waals surface area (Å²) in [5.41, 5.74) is 1.77. The maximum Gasteiger partial charge on any atom is 0.237 e. The fourth-order valence-electron chi connectivity index (χ4n) is 5.89. The fraction of sp³-hybridized carbons (Fsp3) is 0.682. The SMILES string of the molecule is CC1(C)C[C@H]2C[C@@](C)(CN2C(=O)CN2CCN(c3ccccc3Cl)CC2)C1. The summed E-state index contributed by atoms with van der Waals surface area (Å²) in [7, 11) is 0. The topological polar surface area (TPSA) is 26.8 Å². The van der Waals surface area contributed by atoms with Crippen LogP contribution in [-0.4, -0.2) is 61.0 Å². The van der Waals surface area contributed by atoms with E-state index in [0.29, 0.717) is 29.3 Å². The molecule has 0 aromatic heterocycles. The molecule has 1 amide bonds. The van der Waals surface area contributed by atoms with Crippen molar-refractivity contribution < 1.29 is 4.79 Å². The average molecular weight is 390 g/mol. The Morgan fingerprint density at radius 3 is 2.52 bits per heavy atom. The molecule has 5 heteroatoms. The molecule has 1 aromatic rings. The van der Waals surface area contributed by atoms with E-state index >= 15 is 0 Å². The summed E-state index contributed by atoms with van der Waals surface area (Å²) < 4.78 is 0. The third kappa shape index (κ3) is 3.97. The van der Waals surface area contributed by atoms with Gasteiger partial charge in [0, 0.05) is 38.8 Å². The van der Waals surface area contributed by atoms with Crippen LogP contribution in [0.25, 0.3) is 0 Å². The Balaban J connectivity index is 1.33. The molecule has 2 heterocycles. The lowest BCUT2D eigenvalue weighted by atomic mass is 9.65. The molecule has 0 N–H and O–H groups in total. The van der Waals surface area contributed by atoms with Crippen LogP contribution in [0, 0.1) is 10.8 Å². The normalized spacial score (nSPS) is 30.6. The molecule has 3 fully saturated rings. The predicted octanol–water partition coefficient (Wildman–Crippen LogP) is 3.89. The van der Waals surface area contributed by atoms with Gasteiger partial charge in [-0.1, -0.05) is 44.5 Å². The Hall–Kier alpha value is -1.26. The first-order chi connectivity index (χ1) is 12.7. The lowest BCUT2D eigenvalue weighted by Gasteiger charge is -2.39. The average Bonchev–Trinajstić information content (AvgIpc) is 2.85. The number of amides is 1. The van der Waals surface area contributed by atoms with Gasteiger partial charge in [-0.05, 0) is 42.2 Å². The van der Waals surface area contributed by atoms with Crippen molar-refractivity contribution in [3.63, 3.8) is 0 Å². The van der Waals surface area contributed by atoms with Gasteiger partial charge in [0.25, 0.3) is 0 Å². The van der Waals surface area contributed by atoms with E-state index < -0.39 is 0 Å². The highest BCUT2D eigenvalue weighted by Crippen LogP contribution is 2.52. The standard InChI is InChI=1S/C22H32ClN3O/c1-21(2)12-17-13-22(3,15-21)16-26(17)20(27)14-24-8-10-25(11-9-24)19-7-5-4-6-18(19)23/h4-7,17H,8-16H2,1-3H3/t17-,22+/m0/s1. The maximum absolute atomic E-state index is 13.1. The first-order valence-electron chi connectivity index (χ1n) is 10.3. The van der Waals surface area contributed by atoms with E-state index in [2.05, 4.69) is 41.5 Å². The summed E-state index contributed by atoms with van der Waals surface area (Å²) in [4.78, 5) is 19.9. The number of likely N-dealkylation sites (tertiary alicyclic amines) is 1. The van der Waals surface area contributed by atoms with Crippen LogP contribution in [0.1, 0.15) is 40.0 Å². The van der Waals surface area contributed by atoms with Crippen molar-refractivity contribution in [1.82, 2.24) is 9.80 Å². The minimum atomic E-state index is 0.310. The lowest BCUT2D eigenvalue weighted by Crippen LogP contribution is -2.51. The van der Waals surface area contributed by atoms with Gasteiger partial charge < -0.3 is 9.80 Å². The van der Waals surface area contributed by atoms with Gasteiger partial charge in [0.05, 0.1) is 17.3 Å². The Bertz CT molecular complexity index is 713. The number of hydrogen-bond donors (Lipinski definition) is 0. The second-order valence-corrected chi connectivity index (χ2v) is 10.4. The van der Waals surface area contributed by atoms with Crippen LogP contribution in [0.2, 0.25) is 5.02 Å². The third-order valence-corrected chi connectivity index (χ3v) is 6.98. The molecule has 4 nitrogen and oxygen atoms in total. The van der Waals surface area contributed by atoms with Gasteiger partial charge in [-0.3, -0.25) is 9.69 Å². The van der Waals surface area contributed by atoms with Gasteiger partial charge in [0.15, 0.2) is 0 Å². The van der Waals surface area contributed by atoms with Gasteiger partial charge in [-0.25, -0.2) is 0 Å². The van der Waals surface area contributed by atoms with Crippen LogP contribution in [0.15, 0.2) is 24.3 Å². The van der Waals surface area contributed by atoms with E-state index in [1.54, 1.807) is 0 Å². The van der Waals surface area contributed by atoms with Gasteiger partial charge in [0.2, 0.25) is 5.91 Å². The van der Waals surface area contributed by atoms with Crippen molar-refractivity contribution >= 4 is 23.2 Å². The van der Waals surface area contributed by atoms with Crippen molar-refractivity contribution in [1.29, 1.82) is 0 Å². The first-order valence-corrected chi connectivity index (χ1v) is 10.6. The molecule has 2 aliphatic heterocycles. The fourth-order valence-corrected chi connectivity index (χ4v) is 6.14. The van der Waals surface area contributed by atoms with Crippen LogP contribution >= 0.6 is 11.6 Å². The number of nitrogens with zero attached hydrogens (tertiary/aromatic N) is 3. The number of benzene rings is 1. The van der Waals surface area contributed by atoms with E-state index in [0.717, 1.165) is 49.9 Å². The van der Waals surface area contributed by atoms with Crippen molar-refractivity contribution in [2.75, 3.05) is 44.2 Å². The molecular weight excluding hydrogens is 358 g/mol. The molecule has 0 radical (unpaired) electrons. The molecule has 1 aliphatic carbocycles. The smallest absolute Gasteiger partial charge is 0.237 e. The zero-order valence-electron chi connectivity index (χ0n) is 16.9. The lowest BCUT2D eigenvalue weighted by molar-refractivity contribution is -0.133. The molecule has 0 spiro atoms. The molecular formula is C22H32ClN3O. The van der Waals surface area contributed by atoms with Crippen LogP contribution in [0.5, 0.6) is 0 Å². The Labute approximate surface area is 168 Å². The number of fused-ring (bicyclic) bond motifs is 2. The molecule has 27 heavy (non-hydrogen) atoms. The van der Waals surface area contributed by atoms with E-state index in [9.17, 15) is 4.79 Å². The van der Waals surface area contributed by atoms with Gasteiger partial charge in [-0.15, -0.1) is 0 Å². The second-order valence-electron chi connectivity index (χ2n) is 9.95. The van der Waals surface area contributed by atoms with Crippen molar-refractivity contribution in [3.8, 4) is 0 Å². The highest BCUT2D eigenvalue weighted by atomic mass is 35.5. The number of carbonyl (C=O) groups is 1. The number of rotatable bonds is 3. The quantitative estimate of drug-likeness (QED) is 0.784. The second kappa shape index (κ2) is 6.97. The minimum Gasteiger partial charge on any atom is -0.368 e. The van der Waals surface area contributed by atoms with E-state index in [4.69, 9.17) is 11.6 Å². The summed E-state index contributed by atoms with van der Waals surface area (Å²) in [6, 6.07) is 8.46. The van der Waals surface area contributed by atoms with Crippen LogP contribution in [0.4, 0.5) is 5.69 Å². The molecule has 2 saturated heterocycles. The number of hydrogen-bond acceptors (Lipinski definition) is 3. The monoisotopic (exact) mass is 389 g/mol. The minimum absolute atomic E-state index is 0.310. The van der Waals surface area contributed by atoms with Crippen molar-refractivity contribution in [2.45, 2.75) is 46.1 Å². The number of halogens is 1. The van der Waals surface area contributed by atoms with Crippen LogP contribution < -0.4 is 4.90 Å². The number of anilines is 1. The van der Waals surface area contributed by atoms with Gasteiger partial charge in [0.1, 0.15) is 0 Å². The summed E-state index contributed by atoms with van der Waals surface area (Å²) in [5, 5.41) is 0.808. The number of para-hydroxylation sites is 1. The third-order valence-electron chi connectivity index (χ3n) is 6.66. The van der Waals surface area contributed by atoms with Gasteiger partial charge >= 0.3 is 0 Å². The van der Waals surface area contributed by atoms with E-state index in [-0.39, 0.29) is 0 Å². The van der Waals surface area contributed by atoms with E-state index in [1.807, 2.05) is 18.2 Å².